The lowest BCUT2D eigenvalue weighted by molar-refractivity contribution is -0.0163. The van der Waals surface area contributed by atoms with Gasteiger partial charge in [-0.1, -0.05) is 0 Å². The number of carbonyl (C=O) groups is 1. The predicted octanol–water partition coefficient (Wildman–Crippen LogP) is 3.15. The van der Waals surface area contributed by atoms with Crippen molar-refractivity contribution < 1.29 is 14.3 Å². The summed E-state index contributed by atoms with van der Waals surface area (Å²) in [5, 5.41) is 0. The summed E-state index contributed by atoms with van der Waals surface area (Å²) in [4.78, 5) is 12.8. The van der Waals surface area contributed by atoms with Gasteiger partial charge in [-0.05, 0) is 56.4 Å². The molecule has 1 fully saturated rings. The van der Waals surface area contributed by atoms with Crippen LogP contribution in [0.2, 0.25) is 0 Å². The van der Waals surface area contributed by atoms with Gasteiger partial charge in [-0.2, -0.15) is 0 Å². The summed E-state index contributed by atoms with van der Waals surface area (Å²) in [5.74, 6) is 1.08. The Bertz CT molecular complexity index is 487. The number of ketones is 1. The standard InChI is InChI=1S/C16H20O3/c1-2-19-16(8-3-4-9-16)15(17)13-5-6-14-12(11-13)7-10-18-14/h5-6,11H,2-4,7-10H2,1H3. The van der Waals surface area contributed by atoms with Gasteiger partial charge in [0.25, 0.3) is 0 Å². The first-order chi connectivity index (χ1) is 9.25. The molecule has 0 saturated heterocycles. The van der Waals surface area contributed by atoms with Crippen molar-refractivity contribution in [3.05, 3.63) is 29.3 Å². The van der Waals surface area contributed by atoms with Crippen LogP contribution in [-0.4, -0.2) is 24.6 Å². The highest BCUT2D eigenvalue weighted by atomic mass is 16.5. The molecule has 2 aliphatic rings. The van der Waals surface area contributed by atoms with E-state index in [1.165, 1.54) is 0 Å². The fraction of sp³-hybridized carbons (Fsp3) is 0.562. The Hall–Kier alpha value is -1.35. The number of Topliss-reactive ketones (excluding diaryl/α,β-unsaturated/α-hetero) is 1. The zero-order valence-electron chi connectivity index (χ0n) is 11.4. The summed E-state index contributed by atoms with van der Waals surface area (Å²) >= 11 is 0. The van der Waals surface area contributed by atoms with Crippen LogP contribution < -0.4 is 4.74 Å². The zero-order valence-corrected chi connectivity index (χ0v) is 11.4. The van der Waals surface area contributed by atoms with Gasteiger partial charge in [0.05, 0.1) is 6.61 Å². The van der Waals surface area contributed by atoms with E-state index >= 15 is 0 Å². The van der Waals surface area contributed by atoms with Crippen molar-refractivity contribution >= 4 is 5.78 Å². The minimum Gasteiger partial charge on any atom is -0.493 e. The second-order valence-corrected chi connectivity index (χ2v) is 5.38. The molecule has 1 aromatic carbocycles. The number of benzene rings is 1. The van der Waals surface area contributed by atoms with Crippen molar-refractivity contribution in [3.63, 3.8) is 0 Å². The van der Waals surface area contributed by atoms with Gasteiger partial charge in [-0.15, -0.1) is 0 Å². The Morgan fingerprint density at radius 2 is 2.16 bits per heavy atom. The SMILES string of the molecule is CCOC1(C(=O)c2ccc3c(c2)CCO3)CCCC1. The van der Waals surface area contributed by atoms with Gasteiger partial charge in [0.1, 0.15) is 11.4 Å². The Kier molecular flexibility index (Phi) is 3.31. The van der Waals surface area contributed by atoms with Gasteiger partial charge in [0, 0.05) is 18.6 Å². The lowest BCUT2D eigenvalue weighted by atomic mass is 9.90. The van der Waals surface area contributed by atoms with Crippen LogP contribution in [0, 0.1) is 0 Å². The molecule has 1 aromatic rings. The number of fused-ring (bicyclic) bond motifs is 1. The first-order valence-corrected chi connectivity index (χ1v) is 7.20. The molecule has 0 spiro atoms. The molecule has 3 rings (SSSR count). The molecule has 0 atom stereocenters. The van der Waals surface area contributed by atoms with Crippen LogP contribution in [0.15, 0.2) is 18.2 Å². The normalized spacial score (nSPS) is 20.1. The largest absolute Gasteiger partial charge is 0.493 e. The highest BCUT2D eigenvalue weighted by Gasteiger charge is 2.42. The third-order valence-corrected chi connectivity index (χ3v) is 4.20. The van der Waals surface area contributed by atoms with E-state index in [9.17, 15) is 4.79 Å². The Morgan fingerprint density at radius 3 is 2.89 bits per heavy atom. The molecular formula is C16H20O3. The van der Waals surface area contributed by atoms with Crippen LogP contribution in [-0.2, 0) is 11.2 Å². The van der Waals surface area contributed by atoms with E-state index in [1.807, 2.05) is 25.1 Å². The molecule has 19 heavy (non-hydrogen) atoms. The van der Waals surface area contributed by atoms with Crippen molar-refractivity contribution in [2.75, 3.05) is 13.2 Å². The van der Waals surface area contributed by atoms with E-state index in [0.717, 1.165) is 55.6 Å². The summed E-state index contributed by atoms with van der Waals surface area (Å²) in [7, 11) is 0. The van der Waals surface area contributed by atoms with Gasteiger partial charge in [0.15, 0.2) is 5.78 Å². The number of carbonyl (C=O) groups excluding carboxylic acids is 1. The molecule has 1 aliphatic heterocycles. The van der Waals surface area contributed by atoms with Crippen molar-refractivity contribution in [1.29, 1.82) is 0 Å². The monoisotopic (exact) mass is 260 g/mol. The molecule has 3 heteroatoms. The lowest BCUT2D eigenvalue weighted by Crippen LogP contribution is -2.39. The van der Waals surface area contributed by atoms with E-state index in [-0.39, 0.29) is 5.78 Å². The quantitative estimate of drug-likeness (QED) is 0.780. The van der Waals surface area contributed by atoms with Gasteiger partial charge in [-0.3, -0.25) is 4.79 Å². The molecule has 3 nitrogen and oxygen atoms in total. The zero-order chi connectivity index (χ0) is 13.3. The molecule has 102 valence electrons. The van der Waals surface area contributed by atoms with E-state index < -0.39 is 5.60 Å². The molecular weight excluding hydrogens is 240 g/mol. The average Bonchev–Trinajstić information content (AvgIpc) is 3.06. The molecule has 0 aromatic heterocycles. The maximum absolute atomic E-state index is 12.8. The maximum Gasteiger partial charge on any atom is 0.194 e. The molecule has 0 bridgehead atoms. The van der Waals surface area contributed by atoms with Crippen LogP contribution in [0.1, 0.15) is 48.5 Å². The van der Waals surface area contributed by atoms with Crippen molar-refractivity contribution in [2.45, 2.75) is 44.6 Å². The van der Waals surface area contributed by atoms with Crippen LogP contribution in [0.5, 0.6) is 5.75 Å². The molecule has 1 heterocycles. The minimum atomic E-state index is -0.567. The first kappa shape index (κ1) is 12.7. The van der Waals surface area contributed by atoms with E-state index in [4.69, 9.17) is 9.47 Å². The highest BCUT2D eigenvalue weighted by molar-refractivity contribution is 6.03. The first-order valence-electron chi connectivity index (χ1n) is 7.20. The van der Waals surface area contributed by atoms with Gasteiger partial charge in [-0.25, -0.2) is 0 Å². The third kappa shape index (κ3) is 2.16. The van der Waals surface area contributed by atoms with Gasteiger partial charge < -0.3 is 9.47 Å². The molecule has 1 saturated carbocycles. The summed E-state index contributed by atoms with van der Waals surface area (Å²) in [6.45, 7) is 3.28. The van der Waals surface area contributed by atoms with Gasteiger partial charge >= 0.3 is 0 Å². The topological polar surface area (TPSA) is 35.5 Å². The van der Waals surface area contributed by atoms with Crippen molar-refractivity contribution in [1.82, 2.24) is 0 Å². The molecule has 0 amide bonds. The van der Waals surface area contributed by atoms with Gasteiger partial charge in [0.2, 0.25) is 0 Å². The Labute approximate surface area is 113 Å². The van der Waals surface area contributed by atoms with Crippen LogP contribution in [0.25, 0.3) is 0 Å². The summed E-state index contributed by atoms with van der Waals surface area (Å²) in [6, 6.07) is 5.79. The number of hydrogen-bond donors (Lipinski definition) is 0. The second kappa shape index (κ2) is 4.97. The molecule has 0 radical (unpaired) electrons. The third-order valence-electron chi connectivity index (χ3n) is 4.20. The second-order valence-electron chi connectivity index (χ2n) is 5.38. The van der Waals surface area contributed by atoms with E-state index in [1.54, 1.807) is 0 Å². The Morgan fingerprint density at radius 1 is 1.37 bits per heavy atom. The molecule has 0 N–H and O–H groups in total. The fourth-order valence-corrected chi connectivity index (χ4v) is 3.25. The summed E-state index contributed by atoms with van der Waals surface area (Å²) in [5.41, 5.74) is 1.36. The number of rotatable bonds is 4. The molecule has 0 unspecified atom stereocenters. The minimum absolute atomic E-state index is 0.154. The summed E-state index contributed by atoms with van der Waals surface area (Å²) < 4.78 is 11.3. The number of ether oxygens (including phenoxy) is 2. The fourth-order valence-electron chi connectivity index (χ4n) is 3.25. The average molecular weight is 260 g/mol. The van der Waals surface area contributed by atoms with Crippen molar-refractivity contribution in [3.8, 4) is 5.75 Å². The van der Waals surface area contributed by atoms with Crippen LogP contribution in [0.3, 0.4) is 0 Å². The Balaban J connectivity index is 1.90. The van der Waals surface area contributed by atoms with Crippen molar-refractivity contribution in [2.24, 2.45) is 0 Å². The van der Waals surface area contributed by atoms with Crippen LogP contribution in [0.4, 0.5) is 0 Å². The van der Waals surface area contributed by atoms with E-state index in [2.05, 4.69) is 0 Å². The maximum atomic E-state index is 12.8. The smallest absolute Gasteiger partial charge is 0.194 e. The highest BCUT2D eigenvalue weighted by Crippen LogP contribution is 2.37. The molecule has 1 aliphatic carbocycles. The summed E-state index contributed by atoms with van der Waals surface area (Å²) in [6.07, 6.45) is 4.78. The van der Waals surface area contributed by atoms with E-state index in [0.29, 0.717) is 6.61 Å². The lowest BCUT2D eigenvalue weighted by Gasteiger charge is -2.27. The van der Waals surface area contributed by atoms with Crippen LogP contribution >= 0.6 is 0 Å². The number of hydrogen-bond acceptors (Lipinski definition) is 3. The predicted molar refractivity (Wildman–Crippen MR) is 72.8 cm³/mol.